The van der Waals surface area contributed by atoms with E-state index in [2.05, 4.69) is 31.9 Å². The Kier molecular flexibility index (Phi) is 5.52. The van der Waals surface area contributed by atoms with Crippen molar-refractivity contribution in [3.63, 3.8) is 0 Å². The minimum atomic E-state index is -0.695. The maximum Gasteiger partial charge on any atom is 0.133 e. The number of hydrogen-bond acceptors (Lipinski definition) is 2. The predicted octanol–water partition coefficient (Wildman–Crippen LogP) is 5.70. The number of alkyl halides is 1. The van der Waals surface area contributed by atoms with E-state index in [1.165, 1.54) is 6.07 Å². The van der Waals surface area contributed by atoms with Crippen molar-refractivity contribution in [2.24, 2.45) is 0 Å². The molecule has 6 heteroatoms. The van der Waals surface area contributed by atoms with Crippen LogP contribution in [0.1, 0.15) is 16.5 Å². The molecule has 2 nitrogen and oxygen atoms in total. The quantitative estimate of drug-likeness (QED) is 0.571. The Bertz CT molecular complexity index is 664. The number of rotatable bonds is 4. The predicted molar refractivity (Wildman–Crippen MR) is 89.0 cm³/mol. The second-order valence-corrected chi connectivity index (χ2v) is 6.46. The van der Waals surface area contributed by atoms with Gasteiger partial charge in [0.2, 0.25) is 0 Å². The van der Waals surface area contributed by atoms with E-state index in [0.29, 0.717) is 22.6 Å². The summed E-state index contributed by atoms with van der Waals surface area (Å²) in [6, 6.07) is 8.14. The zero-order valence-corrected chi connectivity index (χ0v) is 15.2. The van der Waals surface area contributed by atoms with Crippen molar-refractivity contribution in [1.29, 1.82) is 0 Å². The summed E-state index contributed by atoms with van der Waals surface area (Å²) in [6.07, 6.45) is 0. The lowest BCUT2D eigenvalue weighted by Gasteiger charge is -2.17. The molecule has 0 aromatic heterocycles. The van der Waals surface area contributed by atoms with E-state index >= 15 is 0 Å². The summed E-state index contributed by atoms with van der Waals surface area (Å²) in [5.41, 5.74) is 1.00. The summed E-state index contributed by atoms with van der Waals surface area (Å²) in [6.45, 7) is 0. The van der Waals surface area contributed by atoms with Crippen LogP contribution in [0.2, 0.25) is 0 Å². The molecule has 0 aliphatic carbocycles. The highest BCUT2D eigenvalue weighted by atomic mass is 79.9. The van der Waals surface area contributed by atoms with Gasteiger partial charge in [-0.15, -0.1) is 11.6 Å². The summed E-state index contributed by atoms with van der Waals surface area (Å²) in [4.78, 5) is 0. The van der Waals surface area contributed by atoms with E-state index in [4.69, 9.17) is 21.1 Å². The van der Waals surface area contributed by atoms with Crippen LogP contribution in [0.3, 0.4) is 0 Å². The molecule has 0 saturated heterocycles. The van der Waals surface area contributed by atoms with Gasteiger partial charge >= 0.3 is 0 Å². The van der Waals surface area contributed by atoms with Crippen LogP contribution in [-0.4, -0.2) is 14.2 Å². The Balaban J connectivity index is 2.56. The molecule has 2 rings (SSSR count). The van der Waals surface area contributed by atoms with Crippen LogP contribution in [0.5, 0.6) is 11.5 Å². The molecular formula is C15H12Br2ClFO2. The smallest absolute Gasteiger partial charge is 0.133 e. The van der Waals surface area contributed by atoms with Gasteiger partial charge in [-0.1, -0.05) is 15.9 Å². The monoisotopic (exact) mass is 436 g/mol. The lowest BCUT2D eigenvalue weighted by atomic mass is 10.0. The van der Waals surface area contributed by atoms with Crippen molar-refractivity contribution in [2.75, 3.05) is 14.2 Å². The van der Waals surface area contributed by atoms with E-state index in [9.17, 15) is 4.39 Å². The molecule has 112 valence electrons. The summed E-state index contributed by atoms with van der Waals surface area (Å²) >= 11 is 13.2. The van der Waals surface area contributed by atoms with Crippen molar-refractivity contribution in [2.45, 2.75) is 5.38 Å². The van der Waals surface area contributed by atoms with Gasteiger partial charge in [0.05, 0.1) is 24.1 Å². The Labute approximate surface area is 144 Å². The van der Waals surface area contributed by atoms with Crippen molar-refractivity contribution >= 4 is 43.5 Å². The van der Waals surface area contributed by atoms with E-state index in [1.807, 2.05) is 0 Å². The van der Waals surface area contributed by atoms with E-state index < -0.39 is 5.38 Å². The third-order valence-electron chi connectivity index (χ3n) is 3.01. The maximum absolute atomic E-state index is 14.0. The molecule has 1 unspecified atom stereocenters. The molecule has 0 N–H and O–H groups in total. The Hall–Kier alpha value is -0.780. The number of halogens is 4. The molecule has 0 aliphatic heterocycles. The molecule has 0 radical (unpaired) electrons. The SMILES string of the molecule is COc1cc(C(Cl)c2cc(Br)ccc2F)c(OC)cc1Br. The molecule has 0 bridgehead atoms. The standard InChI is InChI=1S/C15H12Br2ClFO2/c1-20-13-7-11(17)14(21-2)6-10(13)15(18)9-5-8(16)3-4-12(9)19/h3-7,15H,1-2H3. The largest absolute Gasteiger partial charge is 0.496 e. The first-order valence-electron chi connectivity index (χ1n) is 5.98. The first-order chi connectivity index (χ1) is 9.97. The lowest BCUT2D eigenvalue weighted by molar-refractivity contribution is 0.397. The minimum absolute atomic E-state index is 0.369. The van der Waals surface area contributed by atoms with Gasteiger partial charge in [-0.2, -0.15) is 0 Å². The van der Waals surface area contributed by atoms with E-state index in [-0.39, 0.29) is 5.82 Å². The molecule has 2 aromatic carbocycles. The summed E-state index contributed by atoms with van der Waals surface area (Å²) < 4.78 is 26.1. The molecule has 21 heavy (non-hydrogen) atoms. The van der Waals surface area contributed by atoms with Crippen LogP contribution < -0.4 is 9.47 Å². The summed E-state index contributed by atoms with van der Waals surface area (Å²) in [5.74, 6) is 0.788. The van der Waals surface area contributed by atoms with Gasteiger partial charge < -0.3 is 9.47 Å². The van der Waals surface area contributed by atoms with Gasteiger partial charge in [-0.3, -0.25) is 0 Å². The van der Waals surface area contributed by atoms with Gasteiger partial charge in [0.15, 0.2) is 0 Å². The van der Waals surface area contributed by atoms with Crippen LogP contribution in [-0.2, 0) is 0 Å². The number of methoxy groups -OCH3 is 2. The van der Waals surface area contributed by atoms with Crippen molar-refractivity contribution in [3.8, 4) is 11.5 Å². The number of hydrogen-bond donors (Lipinski definition) is 0. The minimum Gasteiger partial charge on any atom is -0.496 e. The molecule has 2 aromatic rings. The van der Waals surface area contributed by atoms with Crippen molar-refractivity contribution in [3.05, 3.63) is 56.2 Å². The van der Waals surface area contributed by atoms with Crippen LogP contribution in [0.15, 0.2) is 39.3 Å². The molecule has 0 spiro atoms. The Morgan fingerprint density at radius 3 is 2.29 bits per heavy atom. The highest BCUT2D eigenvalue weighted by Gasteiger charge is 2.21. The fourth-order valence-electron chi connectivity index (χ4n) is 1.96. The molecule has 1 atom stereocenters. The maximum atomic E-state index is 14.0. The zero-order valence-electron chi connectivity index (χ0n) is 11.3. The van der Waals surface area contributed by atoms with E-state index in [0.717, 1.165) is 8.95 Å². The second-order valence-electron chi connectivity index (χ2n) is 4.26. The van der Waals surface area contributed by atoms with E-state index in [1.54, 1.807) is 38.5 Å². The normalized spacial score (nSPS) is 12.1. The van der Waals surface area contributed by atoms with Gasteiger partial charge in [0.25, 0.3) is 0 Å². The van der Waals surface area contributed by atoms with Crippen molar-refractivity contribution in [1.82, 2.24) is 0 Å². The molecule has 0 heterocycles. The van der Waals surface area contributed by atoms with Gasteiger partial charge in [-0.05, 0) is 46.3 Å². The van der Waals surface area contributed by atoms with Crippen LogP contribution in [0.4, 0.5) is 4.39 Å². The van der Waals surface area contributed by atoms with Gasteiger partial charge in [-0.25, -0.2) is 4.39 Å². The third kappa shape index (κ3) is 3.52. The second kappa shape index (κ2) is 6.99. The fraction of sp³-hybridized carbons (Fsp3) is 0.200. The lowest BCUT2D eigenvalue weighted by Crippen LogP contribution is -2.01. The number of ether oxygens (including phenoxy) is 2. The van der Waals surface area contributed by atoms with Crippen LogP contribution >= 0.6 is 43.5 Å². The molecular weight excluding hydrogens is 426 g/mol. The molecule has 0 fully saturated rings. The zero-order chi connectivity index (χ0) is 15.6. The third-order valence-corrected chi connectivity index (χ3v) is 4.59. The summed E-state index contributed by atoms with van der Waals surface area (Å²) in [5, 5.41) is -0.695. The van der Waals surface area contributed by atoms with Gasteiger partial charge in [0.1, 0.15) is 17.3 Å². The first-order valence-corrected chi connectivity index (χ1v) is 8.00. The average molecular weight is 439 g/mol. The van der Waals surface area contributed by atoms with Crippen LogP contribution in [0.25, 0.3) is 0 Å². The highest BCUT2D eigenvalue weighted by molar-refractivity contribution is 9.10. The molecule has 0 saturated carbocycles. The number of benzene rings is 2. The van der Waals surface area contributed by atoms with Crippen LogP contribution in [0, 0.1) is 5.82 Å². The Morgan fingerprint density at radius 1 is 1.00 bits per heavy atom. The molecule has 0 aliphatic rings. The molecule has 0 amide bonds. The fourth-order valence-corrected chi connectivity index (χ4v) is 3.16. The summed E-state index contributed by atoms with van der Waals surface area (Å²) in [7, 11) is 3.10. The van der Waals surface area contributed by atoms with Gasteiger partial charge in [0, 0.05) is 15.6 Å². The average Bonchev–Trinajstić information content (AvgIpc) is 2.48. The first kappa shape index (κ1) is 16.6. The topological polar surface area (TPSA) is 18.5 Å². The Morgan fingerprint density at radius 2 is 1.67 bits per heavy atom. The van der Waals surface area contributed by atoms with Crippen molar-refractivity contribution < 1.29 is 13.9 Å². The highest BCUT2D eigenvalue weighted by Crippen LogP contribution is 2.41.